The second kappa shape index (κ2) is 2.17. The second-order valence-electron chi connectivity index (χ2n) is 1.88. The van der Waals surface area contributed by atoms with Gasteiger partial charge >= 0.3 is 0 Å². The molecule has 0 saturated carbocycles. The number of rotatable bonds is 1. The molecule has 0 fully saturated rings. The largest absolute Gasteiger partial charge is 0.242 e. The molecule has 6 heteroatoms. The van der Waals surface area contributed by atoms with Crippen molar-refractivity contribution in [3.05, 3.63) is 18.9 Å². The fraction of sp³-hybridized carbons (Fsp3) is 0. The molecule has 0 aliphatic rings. The number of imidazole rings is 1. The van der Waals surface area contributed by atoms with Gasteiger partial charge in [-0.1, -0.05) is 0 Å². The SMILES string of the molecule is OOn1cnc2cncnc21. The zero-order valence-corrected chi connectivity index (χ0v) is 5.38. The van der Waals surface area contributed by atoms with E-state index in [0.717, 1.165) is 4.73 Å². The van der Waals surface area contributed by atoms with E-state index in [1.54, 1.807) is 0 Å². The lowest BCUT2D eigenvalue weighted by molar-refractivity contribution is -0.239. The van der Waals surface area contributed by atoms with Gasteiger partial charge in [0.2, 0.25) is 5.65 Å². The molecule has 0 radical (unpaired) electrons. The first kappa shape index (κ1) is 6.05. The summed E-state index contributed by atoms with van der Waals surface area (Å²) in [5, 5.41) is 8.29. The molecular weight excluding hydrogens is 148 g/mol. The topological polar surface area (TPSA) is 73.1 Å². The average molecular weight is 152 g/mol. The molecule has 0 aromatic carbocycles. The van der Waals surface area contributed by atoms with Crippen molar-refractivity contribution in [1.82, 2.24) is 19.7 Å². The quantitative estimate of drug-likeness (QED) is 0.449. The Morgan fingerprint density at radius 2 is 2.36 bits per heavy atom. The summed E-state index contributed by atoms with van der Waals surface area (Å²) in [6, 6.07) is 0. The Balaban J connectivity index is 2.76. The minimum absolute atomic E-state index is 0.433. The van der Waals surface area contributed by atoms with Gasteiger partial charge in [-0.2, -0.15) is 5.26 Å². The fourth-order valence-electron chi connectivity index (χ4n) is 0.806. The lowest BCUT2D eigenvalue weighted by atomic mass is 10.6. The number of aromatic nitrogens is 4. The van der Waals surface area contributed by atoms with Crippen molar-refractivity contribution in [1.29, 1.82) is 0 Å². The van der Waals surface area contributed by atoms with E-state index in [4.69, 9.17) is 5.26 Å². The highest BCUT2D eigenvalue weighted by atomic mass is 17.2. The van der Waals surface area contributed by atoms with Crippen molar-refractivity contribution in [2.24, 2.45) is 0 Å². The van der Waals surface area contributed by atoms with Crippen LogP contribution in [0.2, 0.25) is 0 Å². The van der Waals surface area contributed by atoms with Crippen LogP contribution in [0.5, 0.6) is 0 Å². The minimum atomic E-state index is 0.433. The summed E-state index contributed by atoms with van der Waals surface area (Å²) >= 11 is 0. The molecule has 2 rings (SSSR count). The lowest BCUT2D eigenvalue weighted by Gasteiger charge is -1.93. The average Bonchev–Trinajstić information content (AvgIpc) is 2.47. The van der Waals surface area contributed by atoms with Crippen molar-refractivity contribution in [3.8, 4) is 0 Å². The van der Waals surface area contributed by atoms with Crippen molar-refractivity contribution < 1.29 is 10.2 Å². The van der Waals surface area contributed by atoms with Gasteiger partial charge in [0.15, 0.2) is 0 Å². The van der Waals surface area contributed by atoms with E-state index in [2.05, 4.69) is 19.9 Å². The lowest BCUT2D eigenvalue weighted by Crippen LogP contribution is -2.04. The molecule has 2 aromatic heterocycles. The molecule has 0 atom stereocenters. The summed E-state index contributed by atoms with van der Waals surface area (Å²) in [4.78, 5) is 15.3. The van der Waals surface area contributed by atoms with Crippen LogP contribution in [-0.4, -0.2) is 24.9 Å². The van der Waals surface area contributed by atoms with Gasteiger partial charge in [0, 0.05) is 0 Å². The normalized spacial score (nSPS) is 10.3. The standard InChI is InChI=1S/C5H4N4O2/c10-11-9-3-8-4-1-6-2-7-5(4)9/h1-3,10H. The van der Waals surface area contributed by atoms with Crippen LogP contribution < -0.4 is 4.99 Å². The Hall–Kier alpha value is -1.69. The molecule has 2 aromatic rings. The maximum atomic E-state index is 8.29. The molecule has 0 bridgehead atoms. The maximum absolute atomic E-state index is 8.29. The van der Waals surface area contributed by atoms with Crippen LogP contribution in [0.4, 0.5) is 0 Å². The van der Waals surface area contributed by atoms with Gasteiger partial charge in [-0.15, -0.1) is 4.73 Å². The van der Waals surface area contributed by atoms with Crippen LogP contribution in [0.25, 0.3) is 11.2 Å². The van der Waals surface area contributed by atoms with Crippen molar-refractivity contribution >= 4 is 11.2 Å². The molecule has 1 N–H and O–H groups in total. The summed E-state index contributed by atoms with van der Waals surface area (Å²) in [6.45, 7) is 0. The summed E-state index contributed by atoms with van der Waals surface area (Å²) in [7, 11) is 0. The molecule has 11 heavy (non-hydrogen) atoms. The third-order valence-corrected chi connectivity index (χ3v) is 1.27. The van der Waals surface area contributed by atoms with Crippen molar-refractivity contribution in [3.63, 3.8) is 0 Å². The van der Waals surface area contributed by atoms with Gasteiger partial charge in [-0.3, -0.25) is 0 Å². The Morgan fingerprint density at radius 3 is 3.18 bits per heavy atom. The van der Waals surface area contributed by atoms with E-state index >= 15 is 0 Å². The zero-order valence-electron chi connectivity index (χ0n) is 5.38. The first-order valence-electron chi connectivity index (χ1n) is 2.87. The summed E-state index contributed by atoms with van der Waals surface area (Å²) < 4.78 is 1.04. The number of hydrogen-bond donors (Lipinski definition) is 1. The number of hydrogen-bond acceptors (Lipinski definition) is 5. The predicted octanol–water partition coefficient (Wildman–Crippen LogP) is -0.272. The van der Waals surface area contributed by atoms with E-state index in [9.17, 15) is 0 Å². The molecule has 0 aliphatic heterocycles. The summed E-state index contributed by atoms with van der Waals surface area (Å²) in [6.07, 6.45) is 4.18. The summed E-state index contributed by atoms with van der Waals surface area (Å²) in [5.74, 6) is 0. The Kier molecular flexibility index (Phi) is 1.19. The first-order valence-corrected chi connectivity index (χ1v) is 2.87. The highest BCUT2D eigenvalue weighted by molar-refractivity contribution is 5.68. The highest BCUT2D eigenvalue weighted by Crippen LogP contribution is 2.03. The molecule has 0 spiro atoms. The van der Waals surface area contributed by atoms with Gasteiger partial charge in [-0.05, 0) is 0 Å². The number of fused-ring (bicyclic) bond motifs is 1. The highest BCUT2D eigenvalue weighted by Gasteiger charge is 2.02. The van der Waals surface area contributed by atoms with Gasteiger partial charge in [0.1, 0.15) is 18.2 Å². The van der Waals surface area contributed by atoms with Gasteiger partial charge in [0.25, 0.3) is 0 Å². The molecule has 0 saturated heterocycles. The molecule has 56 valence electrons. The fourth-order valence-corrected chi connectivity index (χ4v) is 0.806. The third kappa shape index (κ3) is 0.802. The minimum Gasteiger partial charge on any atom is -0.242 e. The first-order chi connectivity index (χ1) is 5.42. The van der Waals surface area contributed by atoms with Crippen LogP contribution in [0, 0.1) is 0 Å². The molecule has 0 unspecified atom stereocenters. The third-order valence-electron chi connectivity index (χ3n) is 1.27. The molecule has 6 nitrogen and oxygen atoms in total. The predicted molar refractivity (Wildman–Crippen MR) is 34.5 cm³/mol. The van der Waals surface area contributed by atoms with Crippen LogP contribution in [0.1, 0.15) is 0 Å². The second-order valence-corrected chi connectivity index (χ2v) is 1.88. The van der Waals surface area contributed by atoms with Gasteiger partial charge < -0.3 is 0 Å². The molecule has 0 amide bonds. The van der Waals surface area contributed by atoms with E-state index in [1.807, 2.05) is 0 Å². The smallest absolute Gasteiger partial charge is 0.202 e. The molecule has 0 aliphatic carbocycles. The van der Waals surface area contributed by atoms with Gasteiger partial charge in [-0.25, -0.2) is 19.9 Å². The van der Waals surface area contributed by atoms with E-state index in [-0.39, 0.29) is 0 Å². The van der Waals surface area contributed by atoms with Crippen LogP contribution in [-0.2, 0) is 0 Å². The summed E-state index contributed by atoms with van der Waals surface area (Å²) in [5.41, 5.74) is 1.00. The zero-order chi connectivity index (χ0) is 7.68. The van der Waals surface area contributed by atoms with Gasteiger partial charge in [0.05, 0.1) is 6.20 Å². The van der Waals surface area contributed by atoms with Crippen molar-refractivity contribution in [2.45, 2.75) is 0 Å². The molecule has 2 heterocycles. The Labute approximate surface area is 61.0 Å². The Morgan fingerprint density at radius 1 is 1.45 bits per heavy atom. The Bertz CT molecular complexity index is 371. The van der Waals surface area contributed by atoms with Crippen LogP contribution >= 0.6 is 0 Å². The van der Waals surface area contributed by atoms with Crippen LogP contribution in [0.3, 0.4) is 0 Å². The van der Waals surface area contributed by atoms with E-state index in [1.165, 1.54) is 18.9 Å². The van der Waals surface area contributed by atoms with Crippen molar-refractivity contribution in [2.75, 3.05) is 0 Å². The maximum Gasteiger partial charge on any atom is 0.202 e. The molecular formula is C5H4N4O2. The monoisotopic (exact) mass is 152 g/mol. The number of nitrogens with zero attached hydrogens (tertiary/aromatic N) is 4. The van der Waals surface area contributed by atoms with E-state index in [0.29, 0.717) is 11.2 Å². The van der Waals surface area contributed by atoms with E-state index < -0.39 is 0 Å². The van der Waals surface area contributed by atoms with Crippen LogP contribution in [0.15, 0.2) is 18.9 Å².